The molecule has 1 nitrogen and oxygen atoms in total. The second kappa shape index (κ2) is 4.28. The van der Waals surface area contributed by atoms with Crippen molar-refractivity contribution in [2.45, 2.75) is 45.0 Å². The first-order chi connectivity index (χ1) is 6.65. The molecule has 14 heavy (non-hydrogen) atoms. The Hall–Kier alpha value is 0.0500. The molecule has 0 bridgehead atoms. The summed E-state index contributed by atoms with van der Waals surface area (Å²) < 4.78 is 0. The van der Waals surface area contributed by atoms with E-state index in [0.717, 1.165) is 17.2 Å². The maximum atomic E-state index is 3.70. The third kappa shape index (κ3) is 2.34. The summed E-state index contributed by atoms with van der Waals surface area (Å²) in [6, 6.07) is 0.714. The monoisotopic (exact) mass is 211 g/mol. The molecule has 1 aliphatic carbocycles. The van der Waals surface area contributed by atoms with Crippen LogP contribution in [0.2, 0.25) is 0 Å². The van der Waals surface area contributed by atoms with Crippen molar-refractivity contribution >= 4 is 11.8 Å². The topological polar surface area (TPSA) is 12.0 Å². The average molecular weight is 211 g/mol. The van der Waals surface area contributed by atoms with E-state index in [9.17, 15) is 0 Å². The highest BCUT2D eigenvalue weighted by Crippen LogP contribution is 2.36. The number of nitrogens with one attached hydrogen (secondary N) is 1. The molecule has 1 fully saturated rings. The summed E-state index contributed by atoms with van der Waals surface area (Å²) in [5.41, 5.74) is 1.59. The van der Waals surface area contributed by atoms with E-state index in [1.165, 1.54) is 18.6 Å². The van der Waals surface area contributed by atoms with Crippen LogP contribution in [-0.2, 0) is 0 Å². The van der Waals surface area contributed by atoms with Crippen LogP contribution in [0, 0.1) is 11.8 Å². The van der Waals surface area contributed by atoms with Gasteiger partial charge in [-0.25, -0.2) is 0 Å². The first-order valence-electron chi connectivity index (χ1n) is 5.70. The summed E-state index contributed by atoms with van der Waals surface area (Å²) in [5, 5.41) is 4.42. The highest BCUT2D eigenvalue weighted by molar-refractivity contribution is 8.00. The van der Waals surface area contributed by atoms with Gasteiger partial charge in [-0.2, -0.15) is 0 Å². The number of thioether (sulfide) groups is 1. The lowest BCUT2D eigenvalue weighted by Gasteiger charge is -2.30. The van der Waals surface area contributed by atoms with E-state index in [1.807, 2.05) is 0 Å². The van der Waals surface area contributed by atoms with Crippen molar-refractivity contribution in [1.29, 1.82) is 0 Å². The highest BCUT2D eigenvalue weighted by Gasteiger charge is 2.31. The largest absolute Gasteiger partial charge is 0.302 e. The van der Waals surface area contributed by atoms with Crippen molar-refractivity contribution in [2.75, 3.05) is 5.75 Å². The minimum absolute atomic E-state index is 0.714. The number of allylic oxidation sites excluding steroid dienone is 2. The van der Waals surface area contributed by atoms with Crippen LogP contribution >= 0.6 is 11.8 Å². The van der Waals surface area contributed by atoms with E-state index in [-0.39, 0.29) is 0 Å². The number of hydrogen-bond acceptors (Lipinski definition) is 2. The molecule has 80 valence electrons. The lowest BCUT2D eigenvalue weighted by atomic mass is 9.83. The van der Waals surface area contributed by atoms with Gasteiger partial charge < -0.3 is 5.32 Å². The van der Waals surface area contributed by atoms with E-state index in [4.69, 9.17) is 0 Å². The number of hydrogen-bond donors (Lipinski definition) is 1. The van der Waals surface area contributed by atoms with E-state index >= 15 is 0 Å². The van der Waals surface area contributed by atoms with Gasteiger partial charge in [-0.15, -0.1) is 11.8 Å². The van der Waals surface area contributed by atoms with Crippen LogP contribution in [0.4, 0.5) is 0 Å². The van der Waals surface area contributed by atoms with Crippen LogP contribution in [0.3, 0.4) is 0 Å². The molecule has 0 spiro atoms. The molecule has 0 amide bonds. The SMILES string of the molecule is CC1=CC(C)CC(C2NC(C)CS2)C1. The Labute approximate surface area is 91.7 Å². The molecule has 0 aromatic rings. The first-order valence-corrected chi connectivity index (χ1v) is 6.75. The second-order valence-corrected chi connectivity index (χ2v) is 6.19. The predicted octanol–water partition coefficient (Wildman–Crippen LogP) is 3.03. The normalized spacial score (nSPS) is 43.8. The quantitative estimate of drug-likeness (QED) is 0.669. The minimum atomic E-state index is 0.714. The van der Waals surface area contributed by atoms with Crippen molar-refractivity contribution in [3.63, 3.8) is 0 Å². The molecule has 2 aliphatic rings. The molecule has 0 radical (unpaired) electrons. The smallest absolute Gasteiger partial charge is 0.0566 e. The summed E-state index contributed by atoms with van der Waals surface area (Å²) in [4.78, 5) is 0. The van der Waals surface area contributed by atoms with Gasteiger partial charge in [-0.1, -0.05) is 18.6 Å². The fraction of sp³-hybridized carbons (Fsp3) is 0.833. The molecule has 1 saturated heterocycles. The van der Waals surface area contributed by atoms with Crippen LogP contribution < -0.4 is 5.32 Å². The molecule has 2 heteroatoms. The Morgan fingerprint density at radius 1 is 1.43 bits per heavy atom. The molecule has 4 unspecified atom stereocenters. The van der Waals surface area contributed by atoms with Crippen LogP contribution in [-0.4, -0.2) is 17.2 Å². The van der Waals surface area contributed by atoms with Gasteiger partial charge in [0.15, 0.2) is 0 Å². The van der Waals surface area contributed by atoms with Crippen molar-refractivity contribution in [3.05, 3.63) is 11.6 Å². The van der Waals surface area contributed by atoms with Gasteiger partial charge in [0.05, 0.1) is 5.37 Å². The zero-order valence-electron chi connectivity index (χ0n) is 9.42. The van der Waals surface area contributed by atoms with Gasteiger partial charge in [0.25, 0.3) is 0 Å². The second-order valence-electron chi connectivity index (χ2n) is 5.01. The molecule has 0 saturated carbocycles. The third-order valence-electron chi connectivity index (χ3n) is 3.23. The van der Waals surface area contributed by atoms with Crippen molar-refractivity contribution in [1.82, 2.24) is 5.32 Å². The molecule has 1 heterocycles. The standard InChI is InChI=1S/C12H21NS/c1-8-4-9(2)6-11(5-8)12-13-10(3)7-14-12/h4,8,10-13H,5-7H2,1-3H3. The third-order valence-corrected chi connectivity index (χ3v) is 4.80. The van der Waals surface area contributed by atoms with Crippen molar-refractivity contribution in [2.24, 2.45) is 11.8 Å². The molecule has 1 aliphatic heterocycles. The Kier molecular flexibility index (Phi) is 3.23. The molecule has 0 aromatic heterocycles. The lowest BCUT2D eigenvalue weighted by Crippen LogP contribution is -2.34. The van der Waals surface area contributed by atoms with Crippen LogP contribution in [0.15, 0.2) is 11.6 Å². The molecule has 0 aromatic carbocycles. The Morgan fingerprint density at radius 3 is 2.79 bits per heavy atom. The predicted molar refractivity (Wildman–Crippen MR) is 64.5 cm³/mol. The minimum Gasteiger partial charge on any atom is -0.302 e. The van der Waals surface area contributed by atoms with Gasteiger partial charge in [0.2, 0.25) is 0 Å². The summed E-state index contributed by atoms with van der Waals surface area (Å²) in [6.45, 7) is 6.92. The Balaban J connectivity index is 1.96. The zero-order chi connectivity index (χ0) is 10.1. The van der Waals surface area contributed by atoms with Crippen LogP contribution in [0.5, 0.6) is 0 Å². The summed E-state index contributed by atoms with van der Waals surface area (Å²) in [5.74, 6) is 2.94. The van der Waals surface area contributed by atoms with Gasteiger partial charge in [-0.3, -0.25) is 0 Å². The molecular formula is C12H21NS. The summed E-state index contributed by atoms with van der Waals surface area (Å²) in [7, 11) is 0. The number of rotatable bonds is 1. The lowest BCUT2D eigenvalue weighted by molar-refractivity contribution is 0.358. The fourth-order valence-electron chi connectivity index (χ4n) is 2.72. The average Bonchev–Trinajstić information content (AvgIpc) is 2.50. The molecular weight excluding hydrogens is 190 g/mol. The maximum Gasteiger partial charge on any atom is 0.0566 e. The van der Waals surface area contributed by atoms with E-state index in [1.54, 1.807) is 5.57 Å². The zero-order valence-corrected chi connectivity index (χ0v) is 10.2. The van der Waals surface area contributed by atoms with Crippen molar-refractivity contribution < 1.29 is 0 Å². The summed E-state index contributed by atoms with van der Waals surface area (Å²) >= 11 is 2.12. The molecule has 4 atom stereocenters. The fourth-order valence-corrected chi connectivity index (χ4v) is 4.12. The van der Waals surface area contributed by atoms with E-state index < -0.39 is 0 Å². The summed E-state index contributed by atoms with van der Waals surface area (Å²) in [6.07, 6.45) is 5.12. The van der Waals surface area contributed by atoms with E-state index in [0.29, 0.717) is 6.04 Å². The highest BCUT2D eigenvalue weighted by atomic mass is 32.2. The van der Waals surface area contributed by atoms with Crippen LogP contribution in [0.25, 0.3) is 0 Å². The van der Waals surface area contributed by atoms with Gasteiger partial charge in [0.1, 0.15) is 0 Å². The van der Waals surface area contributed by atoms with E-state index in [2.05, 4.69) is 43.9 Å². The van der Waals surface area contributed by atoms with Gasteiger partial charge in [-0.05, 0) is 38.5 Å². The first kappa shape index (κ1) is 10.6. The van der Waals surface area contributed by atoms with Crippen molar-refractivity contribution in [3.8, 4) is 0 Å². The Morgan fingerprint density at radius 2 is 2.21 bits per heavy atom. The van der Waals surface area contributed by atoms with Gasteiger partial charge >= 0.3 is 0 Å². The Bertz CT molecular complexity index is 236. The molecule has 1 N–H and O–H groups in total. The van der Waals surface area contributed by atoms with Gasteiger partial charge in [0, 0.05) is 11.8 Å². The van der Waals surface area contributed by atoms with Crippen LogP contribution in [0.1, 0.15) is 33.6 Å². The maximum absolute atomic E-state index is 3.70. The molecule has 2 rings (SSSR count).